The van der Waals surface area contributed by atoms with Gasteiger partial charge in [-0.2, -0.15) is 0 Å². The van der Waals surface area contributed by atoms with E-state index in [2.05, 4.69) is 5.32 Å². The van der Waals surface area contributed by atoms with Gasteiger partial charge in [-0.3, -0.25) is 14.9 Å². The zero-order valence-corrected chi connectivity index (χ0v) is 22.1. The van der Waals surface area contributed by atoms with Crippen molar-refractivity contribution in [2.24, 2.45) is 0 Å². The zero-order valence-electron chi connectivity index (χ0n) is 20.4. The van der Waals surface area contributed by atoms with Crippen molar-refractivity contribution in [3.05, 3.63) is 118 Å². The molecule has 0 bridgehead atoms. The second-order valence-electron chi connectivity index (χ2n) is 8.30. The highest BCUT2D eigenvalue weighted by molar-refractivity contribution is 7.99. The molecule has 4 aromatic carbocycles. The minimum atomic E-state index is -4.47. The van der Waals surface area contributed by atoms with Gasteiger partial charge in [0.15, 0.2) is 0 Å². The number of nitrogens with zero attached hydrogens (tertiary/aromatic N) is 1. The van der Waals surface area contributed by atoms with Crippen LogP contribution in [-0.4, -0.2) is 31.5 Å². The van der Waals surface area contributed by atoms with Gasteiger partial charge in [-0.05, 0) is 59.7 Å². The molecule has 0 heterocycles. The van der Waals surface area contributed by atoms with Crippen molar-refractivity contribution in [2.45, 2.75) is 9.79 Å². The summed E-state index contributed by atoms with van der Waals surface area (Å²) in [5.74, 6) is -2.50. The second-order valence-corrected chi connectivity index (χ2v) is 11.1. The Hall–Kier alpha value is -4.36. The fraction of sp³-hybridized carbons (Fsp3) is 0.0741. The number of anilines is 1. The molecule has 0 saturated heterocycles. The molecule has 0 radical (unpaired) electrons. The molecular weight excluding hydrogens is 567 g/mol. The lowest BCUT2D eigenvalue weighted by Crippen LogP contribution is -2.30. The molecular formula is C27H20F3N3O5S2. The highest BCUT2D eigenvalue weighted by atomic mass is 32.2. The van der Waals surface area contributed by atoms with Crippen LogP contribution in [0.3, 0.4) is 0 Å². The molecule has 0 unspecified atom stereocenters. The number of rotatable bonds is 10. The molecule has 0 aliphatic rings. The van der Waals surface area contributed by atoms with Crippen LogP contribution in [-0.2, 0) is 10.0 Å². The summed E-state index contributed by atoms with van der Waals surface area (Å²) in [6, 6.07) is 17.9. The number of nitro benzene ring substituents is 1. The van der Waals surface area contributed by atoms with Crippen molar-refractivity contribution in [3.63, 3.8) is 0 Å². The van der Waals surface area contributed by atoms with Gasteiger partial charge in [0.2, 0.25) is 0 Å². The molecule has 206 valence electrons. The number of sulfonamides is 1. The number of hydrogen-bond donors (Lipinski definition) is 2. The van der Waals surface area contributed by atoms with Gasteiger partial charge < -0.3 is 5.32 Å². The van der Waals surface area contributed by atoms with Crippen LogP contribution in [0.2, 0.25) is 0 Å². The first-order chi connectivity index (χ1) is 19.0. The number of thioether (sulfide) groups is 1. The number of nitro groups is 1. The van der Waals surface area contributed by atoms with Crippen LogP contribution in [0.1, 0.15) is 10.4 Å². The minimum absolute atomic E-state index is 0.0202. The summed E-state index contributed by atoms with van der Waals surface area (Å²) in [7, 11) is -4.47. The Morgan fingerprint density at radius 2 is 1.48 bits per heavy atom. The lowest BCUT2D eigenvalue weighted by molar-refractivity contribution is -0.384. The largest absolute Gasteiger partial charge is 0.379 e. The first-order valence-electron chi connectivity index (χ1n) is 11.6. The van der Waals surface area contributed by atoms with Gasteiger partial charge in [0.25, 0.3) is 21.6 Å². The summed E-state index contributed by atoms with van der Waals surface area (Å²) >= 11 is 1.07. The number of amides is 1. The minimum Gasteiger partial charge on any atom is -0.379 e. The van der Waals surface area contributed by atoms with Crippen molar-refractivity contribution < 1.29 is 31.3 Å². The number of hydrogen-bond acceptors (Lipinski definition) is 7. The Balaban J connectivity index is 1.42. The summed E-state index contributed by atoms with van der Waals surface area (Å²) in [5, 5.41) is 14.4. The van der Waals surface area contributed by atoms with Crippen LogP contribution in [0.5, 0.6) is 0 Å². The Labute approximate surface area is 231 Å². The molecule has 0 saturated carbocycles. The lowest BCUT2D eigenvalue weighted by atomic mass is 10.0. The number of carbonyl (C=O) groups excluding carboxylic acids is 1. The summed E-state index contributed by atoms with van der Waals surface area (Å²) in [6.45, 7) is 0.152. The molecule has 1 amide bonds. The molecule has 40 heavy (non-hydrogen) atoms. The highest BCUT2D eigenvalue weighted by Crippen LogP contribution is 2.29. The smallest absolute Gasteiger partial charge is 0.293 e. The van der Waals surface area contributed by atoms with E-state index in [1.807, 2.05) is 4.72 Å². The van der Waals surface area contributed by atoms with E-state index in [0.717, 1.165) is 36.0 Å². The molecule has 13 heteroatoms. The molecule has 0 fully saturated rings. The van der Waals surface area contributed by atoms with Gasteiger partial charge in [-0.15, -0.1) is 11.8 Å². The van der Waals surface area contributed by atoms with Crippen LogP contribution in [0.4, 0.5) is 24.5 Å². The Morgan fingerprint density at radius 1 is 0.850 bits per heavy atom. The third kappa shape index (κ3) is 6.98. The standard InChI is InChI=1S/C27H20F3N3O5S2/c28-20-7-5-18(6-8-20)17-1-3-19(4-2-17)27(34)32-40(37,38)22-10-11-24(25(16-22)33(35)36)31-13-14-39-26-12-9-21(29)15-23(26)30/h1-12,15-16,31H,13-14H2,(H,32,34). The fourth-order valence-corrected chi connectivity index (χ4v) is 5.39. The third-order valence-corrected chi connectivity index (χ3v) is 7.98. The Morgan fingerprint density at radius 3 is 2.10 bits per heavy atom. The predicted molar refractivity (Wildman–Crippen MR) is 145 cm³/mol. The van der Waals surface area contributed by atoms with Gasteiger partial charge in [-0.25, -0.2) is 26.3 Å². The summed E-state index contributed by atoms with van der Waals surface area (Å²) < 4.78 is 67.5. The van der Waals surface area contributed by atoms with Gasteiger partial charge in [-0.1, -0.05) is 24.3 Å². The van der Waals surface area contributed by atoms with Crippen LogP contribution in [0.15, 0.2) is 94.7 Å². The molecule has 4 rings (SSSR count). The fourth-order valence-electron chi connectivity index (χ4n) is 3.61. The maximum atomic E-state index is 13.8. The first kappa shape index (κ1) is 28.6. The van der Waals surface area contributed by atoms with E-state index in [-0.39, 0.29) is 28.4 Å². The van der Waals surface area contributed by atoms with Gasteiger partial charge in [0, 0.05) is 34.9 Å². The van der Waals surface area contributed by atoms with E-state index in [0.29, 0.717) is 11.1 Å². The SMILES string of the molecule is O=C(NS(=O)(=O)c1ccc(NCCSc2ccc(F)cc2F)c([N+](=O)[O-])c1)c1ccc(-c2ccc(F)cc2)cc1. The number of halogens is 3. The van der Waals surface area contributed by atoms with Gasteiger partial charge in [0.05, 0.1) is 9.82 Å². The van der Waals surface area contributed by atoms with Crippen LogP contribution < -0.4 is 10.0 Å². The van der Waals surface area contributed by atoms with Crippen molar-refractivity contribution >= 4 is 39.1 Å². The van der Waals surface area contributed by atoms with Crippen LogP contribution in [0, 0.1) is 27.6 Å². The Bertz CT molecular complexity index is 1670. The molecule has 0 spiro atoms. The third-order valence-electron chi connectivity index (χ3n) is 5.60. The van der Waals surface area contributed by atoms with Crippen molar-refractivity contribution in [3.8, 4) is 11.1 Å². The maximum Gasteiger partial charge on any atom is 0.293 e. The molecule has 0 atom stereocenters. The van der Waals surface area contributed by atoms with E-state index in [1.54, 1.807) is 24.3 Å². The zero-order chi connectivity index (χ0) is 28.9. The molecule has 0 aliphatic heterocycles. The number of carbonyl (C=O) groups is 1. The summed E-state index contributed by atoms with van der Waals surface area (Å²) in [6.07, 6.45) is 0. The topological polar surface area (TPSA) is 118 Å². The molecule has 0 aromatic heterocycles. The molecule has 2 N–H and O–H groups in total. The van der Waals surface area contributed by atoms with Gasteiger partial charge >= 0.3 is 0 Å². The predicted octanol–water partition coefficient (Wildman–Crippen LogP) is 6.00. The van der Waals surface area contributed by atoms with E-state index in [9.17, 15) is 36.5 Å². The quantitative estimate of drug-likeness (QED) is 0.101. The van der Waals surface area contributed by atoms with E-state index < -0.39 is 48.9 Å². The van der Waals surface area contributed by atoms with Crippen LogP contribution >= 0.6 is 11.8 Å². The van der Waals surface area contributed by atoms with Crippen molar-refractivity contribution in [1.29, 1.82) is 0 Å². The summed E-state index contributed by atoms with van der Waals surface area (Å²) in [4.78, 5) is 23.2. The number of benzene rings is 4. The number of nitrogens with one attached hydrogen (secondary N) is 2. The molecule has 4 aromatic rings. The second kappa shape index (κ2) is 12.2. The van der Waals surface area contributed by atoms with Crippen molar-refractivity contribution in [1.82, 2.24) is 4.72 Å². The highest BCUT2D eigenvalue weighted by Gasteiger charge is 2.24. The van der Waals surface area contributed by atoms with Gasteiger partial charge in [0.1, 0.15) is 23.1 Å². The van der Waals surface area contributed by atoms with Crippen LogP contribution in [0.25, 0.3) is 11.1 Å². The first-order valence-corrected chi connectivity index (χ1v) is 14.0. The van der Waals surface area contributed by atoms with E-state index in [4.69, 9.17) is 0 Å². The van der Waals surface area contributed by atoms with E-state index >= 15 is 0 Å². The normalized spacial score (nSPS) is 11.2. The average Bonchev–Trinajstić information content (AvgIpc) is 2.92. The van der Waals surface area contributed by atoms with E-state index in [1.165, 1.54) is 36.4 Å². The molecule has 8 nitrogen and oxygen atoms in total. The summed E-state index contributed by atoms with van der Waals surface area (Å²) in [5.41, 5.74) is 0.878. The molecule has 0 aliphatic carbocycles. The average molecular weight is 588 g/mol. The monoisotopic (exact) mass is 587 g/mol. The van der Waals surface area contributed by atoms with Crippen molar-refractivity contribution in [2.75, 3.05) is 17.6 Å². The lowest BCUT2D eigenvalue weighted by Gasteiger charge is -2.11. The maximum absolute atomic E-state index is 13.8. The Kier molecular flexibility index (Phi) is 8.75.